The minimum atomic E-state index is 0.284. The lowest BCUT2D eigenvalue weighted by Crippen LogP contribution is -2.56. The summed E-state index contributed by atoms with van der Waals surface area (Å²) in [4.78, 5) is 4.99. The molecule has 0 bridgehead atoms. The Morgan fingerprint density at radius 1 is 0.895 bits per heavy atom. The highest BCUT2D eigenvalue weighted by Crippen LogP contribution is 2.31. The number of nitrogens with two attached hydrogens (primary N) is 1. The Labute approximate surface area is 120 Å². The third-order valence-corrected chi connectivity index (χ3v) is 4.65. The van der Waals surface area contributed by atoms with E-state index in [0.717, 1.165) is 19.6 Å². The number of rotatable bonds is 7. The fourth-order valence-electron chi connectivity index (χ4n) is 3.39. The van der Waals surface area contributed by atoms with Crippen molar-refractivity contribution in [2.75, 3.05) is 40.3 Å². The van der Waals surface area contributed by atoms with Crippen LogP contribution in [0, 0.1) is 0 Å². The van der Waals surface area contributed by atoms with Gasteiger partial charge in [0.1, 0.15) is 0 Å². The summed E-state index contributed by atoms with van der Waals surface area (Å²) < 4.78 is 0. The average molecular weight is 269 g/mol. The second-order valence-electron chi connectivity index (χ2n) is 6.49. The molecule has 0 saturated heterocycles. The molecule has 0 aromatic heterocycles. The quantitative estimate of drug-likeness (QED) is 0.771. The fourth-order valence-corrected chi connectivity index (χ4v) is 3.39. The summed E-state index contributed by atoms with van der Waals surface area (Å²) in [7, 11) is 4.33. The summed E-state index contributed by atoms with van der Waals surface area (Å²) in [5, 5.41) is 0. The summed E-state index contributed by atoms with van der Waals surface area (Å²) in [5.41, 5.74) is 6.53. The van der Waals surface area contributed by atoms with Crippen molar-refractivity contribution in [1.82, 2.24) is 9.80 Å². The van der Waals surface area contributed by atoms with Gasteiger partial charge in [-0.15, -0.1) is 0 Å². The van der Waals surface area contributed by atoms with Crippen LogP contribution in [0.3, 0.4) is 0 Å². The molecule has 1 aliphatic carbocycles. The molecule has 19 heavy (non-hydrogen) atoms. The van der Waals surface area contributed by atoms with Crippen molar-refractivity contribution in [3.05, 3.63) is 0 Å². The van der Waals surface area contributed by atoms with Gasteiger partial charge < -0.3 is 10.6 Å². The largest absolute Gasteiger partial charge is 0.329 e. The third-order valence-electron chi connectivity index (χ3n) is 4.65. The molecule has 0 amide bonds. The highest BCUT2D eigenvalue weighted by molar-refractivity contribution is 4.92. The van der Waals surface area contributed by atoms with Crippen molar-refractivity contribution in [2.24, 2.45) is 5.73 Å². The zero-order valence-corrected chi connectivity index (χ0v) is 13.5. The molecule has 0 aromatic rings. The van der Waals surface area contributed by atoms with Crippen molar-refractivity contribution < 1.29 is 0 Å². The molecule has 0 heterocycles. The number of nitrogens with zero attached hydrogens (tertiary/aromatic N) is 2. The average Bonchev–Trinajstić information content (AvgIpc) is 2.35. The maximum Gasteiger partial charge on any atom is 0.0332 e. The zero-order valence-electron chi connectivity index (χ0n) is 13.5. The van der Waals surface area contributed by atoms with E-state index < -0.39 is 0 Å². The van der Waals surface area contributed by atoms with E-state index in [1.807, 2.05) is 0 Å². The number of hydrogen-bond acceptors (Lipinski definition) is 3. The second kappa shape index (κ2) is 8.93. The van der Waals surface area contributed by atoms with Crippen LogP contribution in [0.25, 0.3) is 0 Å². The van der Waals surface area contributed by atoms with Gasteiger partial charge in [-0.1, -0.05) is 39.0 Å². The Kier molecular flexibility index (Phi) is 7.96. The van der Waals surface area contributed by atoms with Crippen LogP contribution in [0.1, 0.15) is 58.3 Å². The summed E-state index contributed by atoms with van der Waals surface area (Å²) in [6.45, 7) is 6.63. The van der Waals surface area contributed by atoms with E-state index in [-0.39, 0.29) is 5.54 Å². The first-order valence-electron chi connectivity index (χ1n) is 8.24. The topological polar surface area (TPSA) is 32.5 Å². The van der Waals surface area contributed by atoms with E-state index in [1.165, 1.54) is 57.9 Å². The van der Waals surface area contributed by atoms with Gasteiger partial charge in [-0.25, -0.2) is 0 Å². The van der Waals surface area contributed by atoms with E-state index in [2.05, 4.69) is 30.8 Å². The van der Waals surface area contributed by atoms with Gasteiger partial charge in [0, 0.05) is 25.2 Å². The molecule has 3 nitrogen and oxygen atoms in total. The molecule has 1 saturated carbocycles. The molecule has 0 aromatic carbocycles. The standard InChI is InChI=1S/C16H35N3/c1-4-12-19(14-13-18(2)3)16(15-17)10-8-6-5-7-9-11-16/h4-15,17H2,1-3H3. The van der Waals surface area contributed by atoms with Crippen molar-refractivity contribution in [1.29, 1.82) is 0 Å². The number of likely N-dealkylation sites (N-methyl/N-ethyl adjacent to an activating group) is 1. The van der Waals surface area contributed by atoms with Crippen molar-refractivity contribution in [3.63, 3.8) is 0 Å². The Balaban J connectivity index is 2.71. The molecule has 0 spiro atoms. The van der Waals surface area contributed by atoms with E-state index in [1.54, 1.807) is 0 Å². The van der Waals surface area contributed by atoms with E-state index >= 15 is 0 Å². The van der Waals surface area contributed by atoms with Crippen molar-refractivity contribution in [2.45, 2.75) is 63.8 Å². The van der Waals surface area contributed by atoms with Crippen molar-refractivity contribution in [3.8, 4) is 0 Å². The zero-order chi connectivity index (χ0) is 14.1. The van der Waals surface area contributed by atoms with Crippen LogP contribution in [0.5, 0.6) is 0 Å². The van der Waals surface area contributed by atoms with Crippen LogP contribution in [0.15, 0.2) is 0 Å². The molecule has 0 aliphatic heterocycles. The van der Waals surface area contributed by atoms with Crippen LogP contribution in [0.2, 0.25) is 0 Å². The van der Waals surface area contributed by atoms with Gasteiger partial charge in [0.05, 0.1) is 0 Å². The summed E-state index contributed by atoms with van der Waals surface area (Å²) >= 11 is 0. The molecule has 1 rings (SSSR count). The SMILES string of the molecule is CCCN(CCN(C)C)C1(CN)CCCCCCC1. The Morgan fingerprint density at radius 2 is 1.47 bits per heavy atom. The van der Waals surface area contributed by atoms with E-state index in [0.29, 0.717) is 0 Å². The summed E-state index contributed by atoms with van der Waals surface area (Å²) in [6.07, 6.45) is 10.8. The van der Waals surface area contributed by atoms with Gasteiger partial charge in [-0.05, 0) is 39.9 Å². The van der Waals surface area contributed by atoms with Crippen LogP contribution < -0.4 is 5.73 Å². The molecule has 0 radical (unpaired) electrons. The predicted molar refractivity (Wildman–Crippen MR) is 84.5 cm³/mol. The highest BCUT2D eigenvalue weighted by Gasteiger charge is 2.34. The van der Waals surface area contributed by atoms with Gasteiger partial charge in [0.25, 0.3) is 0 Å². The molecule has 1 fully saturated rings. The lowest BCUT2D eigenvalue weighted by Gasteiger charge is -2.45. The minimum absolute atomic E-state index is 0.284. The van der Waals surface area contributed by atoms with Gasteiger partial charge in [0.2, 0.25) is 0 Å². The predicted octanol–water partition coefficient (Wildman–Crippen LogP) is 2.70. The molecule has 2 N–H and O–H groups in total. The monoisotopic (exact) mass is 269 g/mol. The first-order chi connectivity index (χ1) is 9.14. The van der Waals surface area contributed by atoms with Crippen LogP contribution in [-0.4, -0.2) is 55.6 Å². The third kappa shape index (κ3) is 5.41. The molecule has 0 unspecified atom stereocenters. The van der Waals surface area contributed by atoms with Gasteiger partial charge >= 0.3 is 0 Å². The lowest BCUT2D eigenvalue weighted by molar-refractivity contribution is 0.0603. The first-order valence-corrected chi connectivity index (χ1v) is 8.24. The van der Waals surface area contributed by atoms with Crippen LogP contribution in [-0.2, 0) is 0 Å². The first kappa shape index (κ1) is 16.9. The summed E-state index contributed by atoms with van der Waals surface area (Å²) in [5.74, 6) is 0. The second-order valence-corrected chi connectivity index (χ2v) is 6.49. The van der Waals surface area contributed by atoms with Crippen LogP contribution >= 0.6 is 0 Å². The molecule has 3 heteroatoms. The Hall–Kier alpha value is -0.120. The van der Waals surface area contributed by atoms with Crippen molar-refractivity contribution >= 4 is 0 Å². The van der Waals surface area contributed by atoms with Gasteiger partial charge in [-0.2, -0.15) is 0 Å². The maximum atomic E-state index is 6.24. The van der Waals surface area contributed by atoms with E-state index in [4.69, 9.17) is 5.73 Å². The highest BCUT2D eigenvalue weighted by atomic mass is 15.2. The normalized spacial score (nSPS) is 20.5. The number of hydrogen-bond donors (Lipinski definition) is 1. The van der Waals surface area contributed by atoms with Gasteiger partial charge in [-0.3, -0.25) is 4.90 Å². The van der Waals surface area contributed by atoms with E-state index in [9.17, 15) is 0 Å². The summed E-state index contributed by atoms with van der Waals surface area (Å²) in [6, 6.07) is 0. The van der Waals surface area contributed by atoms with Crippen LogP contribution in [0.4, 0.5) is 0 Å². The molecule has 1 aliphatic rings. The molecule has 114 valence electrons. The smallest absolute Gasteiger partial charge is 0.0332 e. The Bertz CT molecular complexity index is 220. The Morgan fingerprint density at radius 3 is 1.95 bits per heavy atom. The maximum absolute atomic E-state index is 6.24. The molecule has 0 atom stereocenters. The molecular formula is C16H35N3. The minimum Gasteiger partial charge on any atom is -0.329 e. The molecular weight excluding hydrogens is 234 g/mol. The fraction of sp³-hybridized carbons (Fsp3) is 1.00. The van der Waals surface area contributed by atoms with Gasteiger partial charge in [0.15, 0.2) is 0 Å². The lowest BCUT2D eigenvalue weighted by atomic mass is 9.82.